The average Bonchev–Trinajstić information content (AvgIpc) is 2.67. The molecule has 0 aliphatic heterocycles. The Bertz CT molecular complexity index is 470. The molecule has 0 amide bonds. The maximum atomic E-state index is 5.97. The van der Waals surface area contributed by atoms with Crippen LogP contribution in [0.3, 0.4) is 0 Å². The minimum atomic E-state index is 0.650. The SMILES string of the molecule is Cc1nc(CCNc2ccncc2Cl)cs1. The molecule has 84 valence electrons. The maximum Gasteiger partial charge on any atom is 0.0897 e. The number of nitrogens with zero attached hydrogens (tertiary/aromatic N) is 2. The van der Waals surface area contributed by atoms with Crippen LogP contribution in [0.1, 0.15) is 10.7 Å². The number of hydrogen-bond acceptors (Lipinski definition) is 4. The molecule has 2 aromatic rings. The molecular formula is C11H12ClN3S. The van der Waals surface area contributed by atoms with Gasteiger partial charge in [-0.3, -0.25) is 4.98 Å². The molecule has 3 nitrogen and oxygen atoms in total. The number of halogens is 1. The van der Waals surface area contributed by atoms with E-state index in [-0.39, 0.29) is 0 Å². The lowest BCUT2D eigenvalue weighted by Gasteiger charge is -2.06. The van der Waals surface area contributed by atoms with Crippen molar-refractivity contribution >= 4 is 28.6 Å². The fourth-order valence-electron chi connectivity index (χ4n) is 1.37. The summed E-state index contributed by atoms with van der Waals surface area (Å²) >= 11 is 7.65. The van der Waals surface area contributed by atoms with E-state index in [4.69, 9.17) is 11.6 Å². The lowest BCUT2D eigenvalue weighted by molar-refractivity contribution is 0.968. The van der Waals surface area contributed by atoms with Crippen molar-refractivity contribution in [2.24, 2.45) is 0 Å². The number of thiazole rings is 1. The average molecular weight is 254 g/mol. The fraction of sp³-hybridized carbons (Fsp3) is 0.273. The standard InChI is InChI=1S/C11H12ClN3S/c1-8-15-9(7-16-8)2-5-14-11-3-4-13-6-10(11)12/h3-4,6-7H,2,5H2,1H3,(H,13,14). The zero-order valence-electron chi connectivity index (χ0n) is 8.90. The molecule has 0 spiro atoms. The lowest BCUT2D eigenvalue weighted by atomic mass is 10.3. The quantitative estimate of drug-likeness (QED) is 0.910. The van der Waals surface area contributed by atoms with Crippen molar-refractivity contribution in [2.45, 2.75) is 13.3 Å². The molecule has 0 aromatic carbocycles. The number of pyridine rings is 1. The van der Waals surface area contributed by atoms with Crippen molar-refractivity contribution in [3.63, 3.8) is 0 Å². The minimum absolute atomic E-state index is 0.650. The molecule has 1 N–H and O–H groups in total. The molecule has 0 radical (unpaired) electrons. The van der Waals surface area contributed by atoms with Gasteiger partial charge >= 0.3 is 0 Å². The first kappa shape index (κ1) is 11.4. The summed E-state index contributed by atoms with van der Waals surface area (Å²) in [4.78, 5) is 8.33. The van der Waals surface area contributed by atoms with Crippen LogP contribution in [0.15, 0.2) is 23.8 Å². The first-order valence-corrected chi connectivity index (χ1v) is 6.26. The Hall–Kier alpha value is -1.13. The van der Waals surface area contributed by atoms with E-state index < -0.39 is 0 Å². The molecule has 0 fully saturated rings. The highest BCUT2D eigenvalue weighted by Crippen LogP contribution is 2.19. The first-order chi connectivity index (χ1) is 7.75. The van der Waals surface area contributed by atoms with Crippen molar-refractivity contribution in [3.05, 3.63) is 39.6 Å². The van der Waals surface area contributed by atoms with Crippen LogP contribution >= 0.6 is 22.9 Å². The second-order valence-electron chi connectivity index (χ2n) is 3.39. The molecule has 0 unspecified atom stereocenters. The third-order valence-corrected chi connectivity index (χ3v) is 3.26. The Morgan fingerprint density at radius 3 is 3.06 bits per heavy atom. The molecule has 0 aliphatic rings. The minimum Gasteiger partial charge on any atom is -0.383 e. The van der Waals surface area contributed by atoms with E-state index in [0.717, 1.165) is 29.4 Å². The number of nitrogens with one attached hydrogen (secondary N) is 1. The fourth-order valence-corrected chi connectivity index (χ4v) is 2.20. The number of hydrogen-bond donors (Lipinski definition) is 1. The van der Waals surface area contributed by atoms with Crippen LogP contribution in [0.4, 0.5) is 5.69 Å². The van der Waals surface area contributed by atoms with Crippen LogP contribution in [-0.2, 0) is 6.42 Å². The summed E-state index contributed by atoms with van der Waals surface area (Å²) in [7, 11) is 0. The largest absolute Gasteiger partial charge is 0.383 e. The molecule has 0 saturated heterocycles. The first-order valence-electron chi connectivity index (χ1n) is 5.00. The van der Waals surface area contributed by atoms with Gasteiger partial charge in [-0.1, -0.05) is 11.6 Å². The van der Waals surface area contributed by atoms with Crippen LogP contribution in [0, 0.1) is 6.92 Å². The molecule has 2 aromatic heterocycles. The van der Waals surface area contributed by atoms with Gasteiger partial charge in [-0.25, -0.2) is 4.98 Å². The van der Waals surface area contributed by atoms with E-state index in [9.17, 15) is 0 Å². The van der Waals surface area contributed by atoms with Crippen molar-refractivity contribution < 1.29 is 0 Å². The molecule has 0 saturated carbocycles. The molecule has 0 aliphatic carbocycles. The normalized spacial score (nSPS) is 10.4. The predicted molar refractivity (Wildman–Crippen MR) is 68.3 cm³/mol. The predicted octanol–water partition coefficient (Wildman–Crippen LogP) is 3.15. The Balaban J connectivity index is 1.87. The number of anilines is 1. The molecular weight excluding hydrogens is 242 g/mol. The summed E-state index contributed by atoms with van der Waals surface area (Å²) in [5.41, 5.74) is 2.05. The van der Waals surface area contributed by atoms with Crippen LogP contribution < -0.4 is 5.32 Å². The second kappa shape index (κ2) is 5.27. The lowest BCUT2D eigenvalue weighted by Crippen LogP contribution is -2.05. The van der Waals surface area contributed by atoms with E-state index in [1.807, 2.05) is 13.0 Å². The summed E-state index contributed by atoms with van der Waals surface area (Å²) in [6, 6.07) is 1.87. The monoisotopic (exact) mass is 253 g/mol. The maximum absolute atomic E-state index is 5.97. The smallest absolute Gasteiger partial charge is 0.0897 e. The van der Waals surface area contributed by atoms with Gasteiger partial charge in [0.15, 0.2) is 0 Å². The van der Waals surface area contributed by atoms with Crippen LogP contribution in [0.2, 0.25) is 5.02 Å². The van der Waals surface area contributed by atoms with Crippen molar-refractivity contribution in [1.82, 2.24) is 9.97 Å². The zero-order valence-corrected chi connectivity index (χ0v) is 10.5. The Labute approximate surface area is 104 Å². The van der Waals surface area contributed by atoms with Gasteiger partial charge in [0, 0.05) is 30.7 Å². The highest BCUT2D eigenvalue weighted by Gasteiger charge is 2.00. The molecule has 2 rings (SSSR count). The third-order valence-electron chi connectivity index (χ3n) is 2.14. The van der Waals surface area contributed by atoms with Gasteiger partial charge in [0.2, 0.25) is 0 Å². The summed E-state index contributed by atoms with van der Waals surface area (Å²) in [6.45, 7) is 2.84. The summed E-state index contributed by atoms with van der Waals surface area (Å²) in [6.07, 6.45) is 4.26. The van der Waals surface area contributed by atoms with Crippen LogP contribution in [0.5, 0.6) is 0 Å². The topological polar surface area (TPSA) is 37.8 Å². The third kappa shape index (κ3) is 2.93. The van der Waals surface area contributed by atoms with Gasteiger partial charge in [-0.15, -0.1) is 11.3 Å². The Kier molecular flexibility index (Phi) is 3.74. The van der Waals surface area contributed by atoms with E-state index in [0.29, 0.717) is 5.02 Å². The van der Waals surface area contributed by atoms with Crippen molar-refractivity contribution in [2.75, 3.05) is 11.9 Å². The van der Waals surface area contributed by atoms with E-state index in [2.05, 4.69) is 20.7 Å². The highest BCUT2D eigenvalue weighted by atomic mass is 35.5. The molecule has 2 heterocycles. The Morgan fingerprint density at radius 2 is 2.38 bits per heavy atom. The number of aryl methyl sites for hydroxylation is 1. The number of rotatable bonds is 4. The summed E-state index contributed by atoms with van der Waals surface area (Å²) in [5.74, 6) is 0. The van der Waals surface area contributed by atoms with Gasteiger partial charge in [0.25, 0.3) is 0 Å². The van der Waals surface area contributed by atoms with Crippen molar-refractivity contribution in [1.29, 1.82) is 0 Å². The van der Waals surface area contributed by atoms with Crippen LogP contribution in [0.25, 0.3) is 0 Å². The Morgan fingerprint density at radius 1 is 1.50 bits per heavy atom. The van der Waals surface area contributed by atoms with Gasteiger partial charge in [-0.2, -0.15) is 0 Å². The second-order valence-corrected chi connectivity index (χ2v) is 4.86. The van der Waals surface area contributed by atoms with Gasteiger partial charge in [-0.05, 0) is 13.0 Å². The van der Waals surface area contributed by atoms with Crippen LogP contribution in [-0.4, -0.2) is 16.5 Å². The highest BCUT2D eigenvalue weighted by molar-refractivity contribution is 7.09. The number of aromatic nitrogens is 2. The summed E-state index contributed by atoms with van der Waals surface area (Å²) in [5, 5.41) is 7.11. The van der Waals surface area contributed by atoms with Gasteiger partial charge < -0.3 is 5.32 Å². The van der Waals surface area contributed by atoms with E-state index in [1.54, 1.807) is 23.7 Å². The molecule has 0 bridgehead atoms. The molecule has 0 atom stereocenters. The van der Waals surface area contributed by atoms with Crippen molar-refractivity contribution in [3.8, 4) is 0 Å². The molecule has 5 heteroatoms. The summed E-state index contributed by atoms with van der Waals surface area (Å²) < 4.78 is 0. The van der Waals surface area contributed by atoms with Gasteiger partial charge in [0.1, 0.15) is 0 Å². The van der Waals surface area contributed by atoms with Gasteiger partial charge in [0.05, 0.1) is 21.4 Å². The van der Waals surface area contributed by atoms with E-state index >= 15 is 0 Å². The van der Waals surface area contributed by atoms with E-state index in [1.165, 1.54) is 0 Å². The zero-order chi connectivity index (χ0) is 11.4. The molecule has 16 heavy (non-hydrogen) atoms.